The number of nitrogens with zero attached hydrogens (tertiary/aromatic N) is 3. The van der Waals surface area contributed by atoms with Gasteiger partial charge in [-0.05, 0) is 30.4 Å². The number of benzene rings is 1. The maximum Gasteiger partial charge on any atom is 0.228 e. The van der Waals surface area contributed by atoms with Crippen LogP contribution in [0.15, 0.2) is 40.4 Å². The first-order chi connectivity index (χ1) is 12.7. The van der Waals surface area contributed by atoms with Crippen molar-refractivity contribution in [3.8, 4) is 5.75 Å². The lowest BCUT2D eigenvalue weighted by atomic mass is 10.1. The molecule has 0 radical (unpaired) electrons. The fourth-order valence-corrected chi connectivity index (χ4v) is 4.58. The number of piperidine rings is 1. The maximum atomic E-state index is 12.7. The molecule has 3 aliphatic heterocycles. The fourth-order valence-electron chi connectivity index (χ4n) is 3.63. The number of fused-ring (bicyclic) bond motifs is 1. The van der Waals surface area contributed by atoms with Crippen molar-refractivity contribution in [2.24, 2.45) is 4.99 Å². The molecular formula is C20H25N3O2S. The minimum absolute atomic E-state index is 0.197. The predicted octanol–water partition coefficient (Wildman–Crippen LogP) is 3.40. The van der Waals surface area contributed by atoms with Crippen LogP contribution in [-0.4, -0.2) is 53.2 Å². The van der Waals surface area contributed by atoms with E-state index in [1.165, 1.54) is 0 Å². The van der Waals surface area contributed by atoms with E-state index in [4.69, 9.17) is 4.74 Å². The van der Waals surface area contributed by atoms with E-state index in [9.17, 15) is 4.79 Å². The van der Waals surface area contributed by atoms with Gasteiger partial charge in [-0.1, -0.05) is 30.0 Å². The molecule has 1 fully saturated rings. The van der Waals surface area contributed by atoms with Crippen molar-refractivity contribution < 1.29 is 9.53 Å². The minimum Gasteiger partial charge on any atom is -0.490 e. The predicted molar refractivity (Wildman–Crippen MR) is 105 cm³/mol. The van der Waals surface area contributed by atoms with Crippen molar-refractivity contribution in [2.75, 3.05) is 26.2 Å². The van der Waals surface area contributed by atoms with Gasteiger partial charge in [0.2, 0.25) is 5.91 Å². The Morgan fingerprint density at radius 1 is 1.27 bits per heavy atom. The summed E-state index contributed by atoms with van der Waals surface area (Å²) in [6.07, 6.45) is 3.53. The largest absolute Gasteiger partial charge is 0.490 e. The summed E-state index contributed by atoms with van der Waals surface area (Å²) in [4.78, 5) is 21.4. The van der Waals surface area contributed by atoms with Crippen LogP contribution in [0.5, 0.6) is 5.75 Å². The van der Waals surface area contributed by atoms with E-state index in [1.807, 2.05) is 23.1 Å². The Hall–Kier alpha value is -1.95. The minimum atomic E-state index is 0.197. The first-order valence-electron chi connectivity index (χ1n) is 9.38. The van der Waals surface area contributed by atoms with Crippen LogP contribution < -0.4 is 4.74 Å². The summed E-state index contributed by atoms with van der Waals surface area (Å²) < 4.78 is 6.14. The Kier molecular flexibility index (Phi) is 5.20. The average Bonchev–Trinajstić information content (AvgIpc) is 3.07. The Labute approximate surface area is 159 Å². The van der Waals surface area contributed by atoms with Gasteiger partial charge in [0, 0.05) is 44.7 Å². The first kappa shape index (κ1) is 17.5. The van der Waals surface area contributed by atoms with Gasteiger partial charge in [-0.2, -0.15) is 0 Å². The molecule has 0 N–H and O–H groups in total. The van der Waals surface area contributed by atoms with Crippen molar-refractivity contribution in [1.82, 2.24) is 9.80 Å². The number of carbonyl (C=O) groups excluding carboxylic acids is 1. The van der Waals surface area contributed by atoms with Gasteiger partial charge in [0.25, 0.3) is 0 Å². The van der Waals surface area contributed by atoms with Gasteiger partial charge in [-0.15, -0.1) is 0 Å². The fraction of sp³-hybridized carbons (Fsp3) is 0.500. The van der Waals surface area contributed by atoms with Crippen molar-refractivity contribution in [3.63, 3.8) is 0 Å². The summed E-state index contributed by atoms with van der Waals surface area (Å²) in [5, 5.41) is 3.15. The third-order valence-electron chi connectivity index (χ3n) is 5.18. The number of carbonyl (C=O) groups is 1. The third-order valence-corrected chi connectivity index (χ3v) is 6.13. The van der Waals surface area contributed by atoms with Crippen LogP contribution >= 0.6 is 11.8 Å². The number of aryl methyl sites for hydroxylation is 1. The number of para-hydroxylation sites is 1. The van der Waals surface area contributed by atoms with E-state index in [1.54, 1.807) is 11.8 Å². The highest BCUT2D eigenvalue weighted by Gasteiger charge is 2.29. The molecule has 3 aliphatic rings. The topological polar surface area (TPSA) is 45.1 Å². The molecule has 0 spiro atoms. The van der Waals surface area contributed by atoms with E-state index in [0.717, 1.165) is 67.6 Å². The van der Waals surface area contributed by atoms with Crippen molar-refractivity contribution in [1.29, 1.82) is 0 Å². The molecule has 5 nitrogen and oxygen atoms in total. The summed E-state index contributed by atoms with van der Waals surface area (Å²) in [5.41, 5.74) is 2.27. The molecule has 6 heteroatoms. The molecule has 138 valence electrons. The Balaban J connectivity index is 1.28. The quantitative estimate of drug-likeness (QED) is 0.814. The van der Waals surface area contributed by atoms with Crippen LogP contribution in [-0.2, 0) is 4.79 Å². The molecular weight excluding hydrogens is 346 g/mol. The molecule has 1 amide bonds. The van der Waals surface area contributed by atoms with Gasteiger partial charge in [0.15, 0.2) is 5.17 Å². The first-order valence-corrected chi connectivity index (χ1v) is 10.3. The average molecular weight is 372 g/mol. The van der Waals surface area contributed by atoms with Crippen molar-refractivity contribution in [2.45, 2.75) is 38.7 Å². The number of likely N-dealkylation sites (tertiary alicyclic amines) is 1. The second kappa shape index (κ2) is 7.74. The highest BCUT2D eigenvalue weighted by atomic mass is 32.2. The molecule has 1 aromatic rings. The highest BCUT2D eigenvalue weighted by molar-refractivity contribution is 8.16. The van der Waals surface area contributed by atoms with Crippen molar-refractivity contribution >= 4 is 22.8 Å². The zero-order chi connectivity index (χ0) is 17.9. The lowest BCUT2D eigenvalue weighted by Crippen LogP contribution is -2.42. The molecule has 3 heterocycles. The summed E-state index contributed by atoms with van der Waals surface area (Å²) >= 11 is 1.65. The lowest BCUT2D eigenvalue weighted by Gasteiger charge is -2.33. The number of thioether (sulfide) groups is 1. The van der Waals surface area contributed by atoms with Gasteiger partial charge < -0.3 is 14.5 Å². The van der Waals surface area contributed by atoms with Gasteiger partial charge in [-0.25, -0.2) is 0 Å². The molecule has 0 aliphatic carbocycles. The SMILES string of the molecule is Cc1ccccc1OC1CCN(C(=O)CC2=CSC3=NCCCN23)CC1. The number of amides is 1. The Morgan fingerprint density at radius 3 is 2.88 bits per heavy atom. The van der Waals surface area contributed by atoms with Gasteiger partial charge in [0.05, 0.1) is 6.42 Å². The van der Waals surface area contributed by atoms with Crippen LogP contribution in [0.2, 0.25) is 0 Å². The number of hydrogen-bond acceptors (Lipinski definition) is 5. The summed E-state index contributed by atoms with van der Waals surface area (Å²) in [7, 11) is 0. The van der Waals surface area contributed by atoms with E-state index < -0.39 is 0 Å². The summed E-state index contributed by atoms with van der Waals surface area (Å²) in [5.74, 6) is 1.18. The molecule has 0 atom stereocenters. The maximum absolute atomic E-state index is 12.7. The molecule has 26 heavy (non-hydrogen) atoms. The number of amidine groups is 1. The highest BCUT2D eigenvalue weighted by Crippen LogP contribution is 2.31. The van der Waals surface area contributed by atoms with Crippen LogP contribution in [0.25, 0.3) is 0 Å². The van der Waals surface area contributed by atoms with Crippen LogP contribution in [0.3, 0.4) is 0 Å². The Morgan fingerprint density at radius 2 is 2.08 bits per heavy atom. The van der Waals surface area contributed by atoms with Crippen LogP contribution in [0.4, 0.5) is 0 Å². The summed E-state index contributed by atoms with van der Waals surface area (Å²) in [6.45, 7) is 5.51. The number of hydrogen-bond donors (Lipinski definition) is 0. The standard InChI is InChI=1S/C20H25N3O2S/c1-15-5-2-3-6-18(15)25-17-7-11-22(12-8-17)19(24)13-16-14-26-20-21-9-4-10-23(16)20/h2-3,5-6,14,17H,4,7-13H2,1H3. The second-order valence-corrected chi connectivity index (χ2v) is 7.87. The molecule has 0 saturated carbocycles. The summed E-state index contributed by atoms with van der Waals surface area (Å²) in [6, 6.07) is 8.12. The van der Waals surface area contributed by atoms with Crippen molar-refractivity contribution in [3.05, 3.63) is 40.9 Å². The monoisotopic (exact) mass is 371 g/mol. The second-order valence-electron chi connectivity index (χ2n) is 7.04. The van der Waals surface area contributed by atoms with E-state index in [0.29, 0.717) is 6.42 Å². The molecule has 0 bridgehead atoms. The van der Waals surface area contributed by atoms with E-state index in [-0.39, 0.29) is 12.0 Å². The van der Waals surface area contributed by atoms with E-state index in [2.05, 4.69) is 28.3 Å². The number of aliphatic imine (C=N–C) groups is 1. The number of rotatable bonds is 4. The molecule has 0 unspecified atom stereocenters. The molecule has 1 aromatic carbocycles. The Bertz CT molecular complexity index is 738. The molecule has 1 saturated heterocycles. The lowest BCUT2D eigenvalue weighted by molar-refractivity contribution is -0.132. The zero-order valence-electron chi connectivity index (χ0n) is 15.2. The number of ether oxygens (including phenoxy) is 1. The van der Waals surface area contributed by atoms with E-state index >= 15 is 0 Å². The van der Waals surface area contributed by atoms with Gasteiger partial charge in [0.1, 0.15) is 11.9 Å². The van der Waals surface area contributed by atoms with Crippen LogP contribution in [0, 0.1) is 6.92 Å². The van der Waals surface area contributed by atoms with Gasteiger partial charge >= 0.3 is 0 Å². The molecule has 4 rings (SSSR count). The smallest absolute Gasteiger partial charge is 0.228 e. The van der Waals surface area contributed by atoms with Gasteiger partial charge in [-0.3, -0.25) is 9.79 Å². The normalized spacial score (nSPS) is 20.5. The van der Waals surface area contributed by atoms with Crippen LogP contribution in [0.1, 0.15) is 31.2 Å². The molecule has 0 aromatic heterocycles. The zero-order valence-corrected chi connectivity index (χ0v) is 16.0. The third kappa shape index (κ3) is 3.75.